The number of aromatic nitrogens is 2. The Morgan fingerprint density at radius 2 is 2.24 bits per heavy atom. The van der Waals surface area contributed by atoms with Crippen LogP contribution in [0.3, 0.4) is 0 Å². The number of halogens is 1. The standard InChI is InChI=1S/C11H16IN3O2/c1-4-11(2,3)14-9(16)7-15-10(17)5-8(12)6-13-15/h5-6H,4,7H2,1-3H3,(H,14,16). The van der Waals surface area contributed by atoms with Crippen LogP contribution in [0.15, 0.2) is 17.1 Å². The highest BCUT2D eigenvalue weighted by molar-refractivity contribution is 14.1. The van der Waals surface area contributed by atoms with Gasteiger partial charge in [0, 0.05) is 15.2 Å². The Balaban J connectivity index is 2.72. The number of carbonyl (C=O) groups excluding carboxylic acids is 1. The molecular formula is C11H16IN3O2. The summed E-state index contributed by atoms with van der Waals surface area (Å²) in [5.41, 5.74) is -0.523. The zero-order chi connectivity index (χ0) is 13.1. The molecule has 1 amide bonds. The predicted octanol–water partition coefficient (Wildman–Crippen LogP) is 1.15. The van der Waals surface area contributed by atoms with Crippen LogP contribution in [-0.4, -0.2) is 21.2 Å². The highest BCUT2D eigenvalue weighted by atomic mass is 127. The maximum atomic E-state index is 11.7. The van der Waals surface area contributed by atoms with Gasteiger partial charge in [0.25, 0.3) is 5.56 Å². The summed E-state index contributed by atoms with van der Waals surface area (Å²) in [4.78, 5) is 23.2. The van der Waals surface area contributed by atoms with Crippen LogP contribution in [-0.2, 0) is 11.3 Å². The third-order valence-electron chi connectivity index (χ3n) is 2.49. The smallest absolute Gasteiger partial charge is 0.268 e. The van der Waals surface area contributed by atoms with Crippen molar-refractivity contribution in [2.24, 2.45) is 0 Å². The average molecular weight is 349 g/mol. The van der Waals surface area contributed by atoms with E-state index in [0.717, 1.165) is 14.7 Å². The topological polar surface area (TPSA) is 64.0 Å². The van der Waals surface area contributed by atoms with Gasteiger partial charge < -0.3 is 5.32 Å². The van der Waals surface area contributed by atoms with Gasteiger partial charge in [-0.15, -0.1) is 0 Å². The predicted molar refractivity (Wildman–Crippen MR) is 73.7 cm³/mol. The lowest BCUT2D eigenvalue weighted by Crippen LogP contribution is -2.45. The lowest BCUT2D eigenvalue weighted by atomic mass is 10.0. The summed E-state index contributed by atoms with van der Waals surface area (Å²) in [6.45, 7) is 5.83. The molecule has 0 radical (unpaired) electrons. The fourth-order valence-corrected chi connectivity index (χ4v) is 1.56. The molecule has 1 aromatic heterocycles. The summed E-state index contributed by atoms with van der Waals surface area (Å²) in [5.74, 6) is -0.201. The molecule has 1 rings (SSSR count). The third kappa shape index (κ3) is 4.45. The van der Waals surface area contributed by atoms with Crippen molar-refractivity contribution in [3.8, 4) is 0 Å². The van der Waals surface area contributed by atoms with Crippen molar-refractivity contribution < 1.29 is 4.79 Å². The minimum absolute atomic E-state index is 0.0425. The maximum Gasteiger partial charge on any atom is 0.268 e. The van der Waals surface area contributed by atoms with Gasteiger partial charge in [0.1, 0.15) is 6.54 Å². The van der Waals surface area contributed by atoms with Crippen molar-refractivity contribution in [1.82, 2.24) is 15.1 Å². The van der Waals surface area contributed by atoms with Gasteiger partial charge in [-0.3, -0.25) is 9.59 Å². The molecule has 0 spiro atoms. The Kier molecular flexibility index (Phi) is 4.67. The van der Waals surface area contributed by atoms with E-state index in [0.29, 0.717) is 0 Å². The van der Waals surface area contributed by atoms with Crippen molar-refractivity contribution in [2.45, 2.75) is 39.3 Å². The van der Waals surface area contributed by atoms with E-state index in [1.165, 1.54) is 6.07 Å². The second kappa shape index (κ2) is 5.61. The summed E-state index contributed by atoms with van der Waals surface area (Å²) in [7, 11) is 0. The SMILES string of the molecule is CCC(C)(C)NC(=O)Cn1ncc(I)cc1=O. The summed E-state index contributed by atoms with van der Waals surface area (Å²) in [6, 6.07) is 1.45. The van der Waals surface area contributed by atoms with Gasteiger partial charge in [0.05, 0.1) is 6.20 Å². The van der Waals surface area contributed by atoms with Crippen LogP contribution in [0.1, 0.15) is 27.2 Å². The maximum absolute atomic E-state index is 11.7. The largest absolute Gasteiger partial charge is 0.350 e. The monoisotopic (exact) mass is 349 g/mol. The lowest BCUT2D eigenvalue weighted by Gasteiger charge is -2.24. The Morgan fingerprint density at radius 3 is 2.76 bits per heavy atom. The number of hydrogen-bond donors (Lipinski definition) is 1. The zero-order valence-corrected chi connectivity index (χ0v) is 12.3. The fourth-order valence-electron chi connectivity index (χ4n) is 1.17. The Labute approximate surface area is 114 Å². The number of carbonyl (C=O) groups is 1. The van der Waals surface area contributed by atoms with Crippen LogP contribution in [0.4, 0.5) is 0 Å². The zero-order valence-electron chi connectivity index (χ0n) is 10.2. The molecule has 0 unspecified atom stereocenters. The van der Waals surface area contributed by atoms with E-state index in [4.69, 9.17) is 0 Å². The summed E-state index contributed by atoms with van der Waals surface area (Å²) in [6.07, 6.45) is 2.38. The van der Waals surface area contributed by atoms with Gasteiger partial charge in [0.2, 0.25) is 5.91 Å². The minimum Gasteiger partial charge on any atom is -0.350 e. The molecule has 0 atom stereocenters. The normalized spacial score (nSPS) is 11.3. The molecule has 1 aromatic rings. The molecule has 17 heavy (non-hydrogen) atoms. The van der Waals surface area contributed by atoms with Crippen molar-refractivity contribution in [1.29, 1.82) is 0 Å². The first-order valence-electron chi connectivity index (χ1n) is 5.38. The first kappa shape index (κ1) is 14.1. The second-order valence-corrected chi connectivity index (χ2v) is 5.70. The van der Waals surface area contributed by atoms with Gasteiger partial charge in [-0.25, -0.2) is 4.68 Å². The van der Waals surface area contributed by atoms with E-state index in [1.807, 2.05) is 43.4 Å². The Bertz CT molecular complexity index is 468. The molecule has 0 aliphatic heterocycles. The highest BCUT2D eigenvalue weighted by Crippen LogP contribution is 2.06. The summed E-state index contributed by atoms with van der Waals surface area (Å²) in [5, 5.41) is 6.77. The van der Waals surface area contributed by atoms with Crippen LogP contribution in [0.2, 0.25) is 0 Å². The van der Waals surface area contributed by atoms with Crippen LogP contribution < -0.4 is 10.9 Å². The average Bonchev–Trinajstić information content (AvgIpc) is 2.21. The minimum atomic E-state index is -0.263. The Morgan fingerprint density at radius 1 is 1.59 bits per heavy atom. The first-order valence-corrected chi connectivity index (χ1v) is 6.45. The molecule has 6 heteroatoms. The van der Waals surface area contributed by atoms with Crippen molar-refractivity contribution in [2.75, 3.05) is 0 Å². The quantitative estimate of drug-likeness (QED) is 0.830. The molecule has 0 saturated carbocycles. The molecule has 0 aromatic carbocycles. The molecule has 94 valence electrons. The van der Waals surface area contributed by atoms with E-state index in [2.05, 4.69) is 10.4 Å². The first-order chi connectivity index (χ1) is 7.84. The molecule has 0 aliphatic carbocycles. The van der Waals surface area contributed by atoms with E-state index < -0.39 is 0 Å². The number of amides is 1. The second-order valence-electron chi connectivity index (χ2n) is 4.46. The summed E-state index contributed by atoms with van der Waals surface area (Å²) >= 11 is 2.01. The van der Waals surface area contributed by atoms with Gasteiger partial charge in [-0.05, 0) is 42.9 Å². The molecule has 0 saturated heterocycles. The van der Waals surface area contributed by atoms with Crippen LogP contribution >= 0.6 is 22.6 Å². The molecule has 1 N–H and O–H groups in total. The Hall–Kier alpha value is -0.920. The van der Waals surface area contributed by atoms with E-state index in [-0.39, 0.29) is 23.6 Å². The van der Waals surface area contributed by atoms with Gasteiger partial charge in [-0.2, -0.15) is 5.10 Å². The van der Waals surface area contributed by atoms with E-state index in [9.17, 15) is 9.59 Å². The van der Waals surface area contributed by atoms with Crippen molar-refractivity contribution >= 4 is 28.5 Å². The molecule has 5 nitrogen and oxygen atoms in total. The van der Waals surface area contributed by atoms with Crippen LogP contribution in [0, 0.1) is 3.57 Å². The summed E-state index contributed by atoms with van der Waals surface area (Å²) < 4.78 is 1.92. The number of nitrogens with one attached hydrogen (secondary N) is 1. The number of hydrogen-bond acceptors (Lipinski definition) is 3. The highest BCUT2D eigenvalue weighted by Gasteiger charge is 2.18. The third-order valence-corrected chi connectivity index (χ3v) is 3.08. The van der Waals surface area contributed by atoms with Crippen molar-refractivity contribution in [3.05, 3.63) is 26.2 Å². The van der Waals surface area contributed by atoms with Crippen LogP contribution in [0.25, 0.3) is 0 Å². The molecule has 0 bridgehead atoms. The number of nitrogens with zero attached hydrogens (tertiary/aromatic N) is 2. The lowest BCUT2D eigenvalue weighted by molar-refractivity contribution is -0.123. The van der Waals surface area contributed by atoms with Gasteiger partial charge in [-0.1, -0.05) is 6.92 Å². The molecule has 0 aliphatic rings. The molecular weight excluding hydrogens is 333 g/mol. The molecule has 1 heterocycles. The van der Waals surface area contributed by atoms with Gasteiger partial charge >= 0.3 is 0 Å². The van der Waals surface area contributed by atoms with Crippen LogP contribution in [0.5, 0.6) is 0 Å². The van der Waals surface area contributed by atoms with Gasteiger partial charge in [0.15, 0.2) is 0 Å². The number of rotatable bonds is 4. The fraction of sp³-hybridized carbons (Fsp3) is 0.545. The van der Waals surface area contributed by atoms with Crippen molar-refractivity contribution in [3.63, 3.8) is 0 Å². The molecule has 0 fully saturated rings. The van der Waals surface area contributed by atoms with E-state index in [1.54, 1.807) is 6.20 Å². The van der Waals surface area contributed by atoms with E-state index >= 15 is 0 Å².